The van der Waals surface area contributed by atoms with Crippen molar-refractivity contribution in [1.82, 2.24) is 14.2 Å². The number of pyridine rings is 1. The van der Waals surface area contributed by atoms with Crippen molar-refractivity contribution < 1.29 is 8.42 Å². The van der Waals surface area contributed by atoms with Gasteiger partial charge in [-0.25, -0.2) is 13.4 Å². The average Bonchev–Trinajstić information content (AvgIpc) is 2.32. The van der Waals surface area contributed by atoms with Crippen LogP contribution in [0.15, 0.2) is 21.6 Å². The van der Waals surface area contributed by atoms with E-state index < -0.39 is 10.0 Å². The molecule has 0 radical (unpaired) electrons. The second-order valence-corrected chi connectivity index (χ2v) is 7.07. The quantitative estimate of drug-likeness (QED) is 0.844. The zero-order valence-electron chi connectivity index (χ0n) is 10.0. The van der Waals surface area contributed by atoms with Gasteiger partial charge in [-0.15, -0.1) is 0 Å². The van der Waals surface area contributed by atoms with Gasteiger partial charge in [0.1, 0.15) is 10.7 Å². The first-order chi connectivity index (χ1) is 8.41. The van der Waals surface area contributed by atoms with Gasteiger partial charge in [-0.2, -0.15) is 4.31 Å². The number of rotatable bonds is 2. The molecule has 2 heterocycles. The van der Waals surface area contributed by atoms with E-state index in [4.69, 9.17) is 5.73 Å². The highest BCUT2D eigenvalue weighted by atomic mass is 79.9. The van der Waals surface area contributed by atoms with E-state index in [1.807, 2.05) is 7.05 Å². The number of sulfonamides is 1. The van der Waals surface area contributed by atoms with E-state index in [1.165, 1.54) is 16.6 Å². The Balaban J connectivity index is 2.33. The summed E-state index contributed by atoms with van der Waals surface area (Å²) in [7, 11) is -1.58. The van der Waals surface area contributed by atoms with Crippen molar-refractivity contribution >= 4 is 31.8 Å². The highest BCUT2D eigenvalue weighted by Crippen LogP contribution is 2.24. The Labute approximate surface area is 115 Å². The second kappa shape index (κ2) is 5.12. The molecule has 0 saturated carbocycles. The summed E-state index contributed by atoms with van der Waals surface area (Å²) in [6, 6.07) is 1.50. The average molecular weight is 335 g/mol. The summed E-state index contributed by atoms with van der Waals surface area (Å²) in [4.78, 5) is 6.03. The van der Waals surface area contributed by atoms with E-state index >= 15 is 0 Å². The van der Waals surface area contributed by atoms with Crippen molar-refractivity contribution in [2.45, 2.75) is 4.90 Å². The van der Waals surface area contributed by atoms with Crippen molar-refractivity contribution in [2.75, 3.05) is 39.0 Å². The Morgan fingerprint density at radius 3 is 2.56 bits per heavy atom. The van der Waals surface area contributed by atoms with E-state index in [2.05, 4.69) is 25.8 Å². The minimum atomic E-state index is -3.55. The van der Waals surface area contributed by atoms with Gasteiger partial charge in [0.05, 0.1) is 0 Å². The summed E-state index contributed by atoms with van der Waals surface area (Å²) in [5.74, 6) is 0.0390. The van der Waals surface area contributed by atoms with Crippen LogP contribution < -0.4 is 5.73 Å². The SMILES string of the molecule is CN1CCN(S(=O)(=O)c2cc(Br)cnc2N)CC1. The van der Waals surface area contributed by atoms with E-state index in [-0.39, 0.29) is 10.7 Å². The summed E-state index contributed by atoms with van der Waals surface area (Å²) in [6.07, 6.45) is 1.48. The third-order valence-electron chi connectivity index (χ3n) is 2.93. The summed E-state index contributed by atoms with van der Waals surface area (Å²) in [5, 5.41) is 0. The van der Waals surface area contributed by atoms with Crippen LogP contribution in [0.5, 0.6) is 0 Å². The Morgan fingerprint density at radius 1 is 1.33 bits per heavy atom. The summed E-state index contributed by atoms with van der Waals surface area (Å²) in [5.41, 5.74) is 5.66. The van der Waals surface area contributed by atoms with Crippen LogP contribution in [-0.4, -0.2) is 55.8 Å². The minimum Gasteiger partial charge on any atom is -0.383 e. The van der Waals surface area contributed by atoms with Crippen LogP contribution in [0.1, 0.15) is 0 Å². The Kier molecular flexibility index (Phi) is 3.90. The lowest BCUT2D eigenvalue weighted by molar-refractivity contribution is 0.222. The summed E-state index contributed by atoms with van der Waals surface area (Å²) in [6.45, 7) is 2.40. The van der Waals surface area contributed by atoms with Crippen LogP contribution in [0.2, 0.25) is 0 Å². The van der Waals surface area contributed by atoms with E-state index in [1.54, 1.807) is 0 Å². The molecule has 1 fully saturated rings. The maximum atomic E-state index is 12.4. The van der Waals surface area contributed by atoms with Crippen molar-refractivity contribution in [1.29, 1.82) is 0 Å². The molecule has 18 heavy (non-hydrogen) atoms. The molecule has 1 aliphatic rings. The number of piperazine rings is 1. The second-order valence-electron chi connectivity index (χ2n) is 4.24. The molecule has 0 atom stereocenters. The molecule has 2 N–H and O–H groups in total. The summed E-state index contributed by atoms with van der Waals surface area (Å²) >= 11 is 3.21. The van der Waals surface area contributed by atoms with Gasteiger partial charge >= 0.3 is 0 Å². The fraction of sp³-hybridized carbons (Fsp3) is 0.500. The number of hydrogen-bond acceptors (Lipinski definition) is 5. The van der Waals surface area contributed by atoms with Crippen LogP contribution in [0.25, 0.3) is 0 Å². The van der Waals surface area contributed by atoms with Gasteiger partial charge in [0.25, 0.3) is 0 Å². The number of anilines is 1. The van der Waals surface area contributed by atoms with Gasteiger partial charge in [-0.3, -0.25) is 0 Å². The fourth-order valence-corrected chi connectivity index (χ4v) is 3.80. The molecule has 1 aromatic heterocycles. The van der Waals surface area contributed by atoms with Crippen molar-refractivity contribution in [2.24, 2.45) is 0 Å². The van der Waals surface area contributed by atoms with E-state index in [9.17, 15) is 8.42 Å². The van der Waals surface area contributed by atoms with Crippen LogP contribution in [-0.2, 0) is 10.0 Å². The predicted octanol–water partition coefficient (Wildman–Crippen LogP) is 0.362. The van der Waals surface area contributed by atoms with Crippen molar-refractivity contribution in [3.8, 4) is 0 Å². The molecule has 0 spiro atoms. The standard InChI is InChI=1S/C10H15BrN4O2S/c1-14-2-4-15(5-3-14)18(16,17)9-6-8(11)7-13-10(9)12/h6-7H,2-5H2,1H3,(H2,12,13). The lowest BCUT2D eigenvalue weighted by Gasteiger charge is -2.31. The molecule has 1 aliphatic heterocycles. The zero-order valence-corrected chi connectivity index (χ0v) is 12.4. The minimum absolute atomic E-state index is 0.0390. The van der Waals surface area contributed by atoms with E-state index in [0.717, 1.165) is 13.1 Å². The molecule has 0 amide bonds. The third kappa shape index (κ3) is 2.66. The van der Waals surface area contributed by atoms with Crippen molar-refractivity contribution in [3.05, 3.63) is 16.7 Å². The fourth-order valence-electron chi connectivity index (χ4n) is 1.81. The van der Waals surface area contributed by atoms with Gasteiger partial charge in [0, 0.05) is 36.8 Å². The first-order valence-electron chi connectivity index (χ1n) is 5.51. The van der Waals surface area contributed by atoms with Crippen molar-refractivity contribution in [3.63, 3.8) is 0 Å². The van der Waals surface area contributed by atoms with Gasteiger partial charge in [0.15, 0.2) is 0 Å². The molecule has 2 rings (SSSR count). The topological polar surface area (TPSA) is 79.5 Å². The molecule has 0 aromatic carbocycles. The predicted molar refractivity (Wildman–Crippen MR) is 72.6 cm³/mol. The van der Waals surface area contributed by atoms with Gasteiger partial charge in [0.2, 0.25) is 10.0 Å². The normalized spacial score (nSPS) is 19.0. The largest absolute Gasteiger partial charge is 0.383 e. The summed E-state index contributed by atoms with van der Waals surface area (Å²) < 4.78 is 26.9. The number of nitrogens with zero attached hydrogens (tertiary/aromatic N) is 3. The molecule has 0 aliphatic carbocycles. The zero-order chi connectivity index (χ0) is 13.3. The number of halogens is 1. The highest BCUT2D eigenvalue weighted by molar-refractivity contribution is 9.10. The molecular weight excluding hydrogens is 320 g/mol. The number of hydrogen-bond donors (Lipinski definition) is 1. The molecule has 8 heteroatoms. The maximum absolute atomic E-state index is 12.4. The Bertz CT molecular complexity index is 541. The molecule has 100 valence electrons. The third-order valence-corrected chi connectivity index (χ3v) is 5.29. The van der Waals surface area contributed by atoms with E-state index in [0.29, 0.717) is 17.6 Å². The molecule has 1 saturated heterocycles. The maximum Gasteiger partial charge on any atom is 0.246 e. The van der Waals surface area contributed by atoms with Gasteiger partial charge < -0.3 is 10.6 Å². The molecular formula is C10H15BrN4O2S. The lowest BCUT2D eigenvalue weighted by atomic mass is 10.4. The first kappa shape index (κ1) is 13.7. The van der Waals surface area contributed by atoms with Gasteiger partial charge in [-0.05, 0) is 29.0 Å². The number of aromatic nitrogens is 1. The van der Waals surface area contributed by atoms with Crippen LogP contribution >= 0.6 is 15.9 Å². The van der Waals surface area contributed by atoms with Crippen LogP contribution in [0.3, 0.4) is 0 Å². The highest BCUT2D eigenvalue weighted by Gasteiger charge is 2.29. The smallest absolute Gasteiger partial charge is 0.246 e. The number of nitrogen functional groups attached to an aromatic ring is 1. The number of likely N-dealkylation sites (N-methyl/N-ethyl adjacent to an activating group) is 1. The number of nitrogens with two attached hydrogens (primary N) is 1. The molecule has 6 nitrogen and oxygen atoms in total. The Morgan fingerprint density at radius 2 is 1.94 bits per heavy atom. The molecule has 0 unspecified atom stereocenters. The first-order valence-corrected chi connectivity index (χ1v) is 7.74. The molecule has 1 aromatic rings. The van der Waals surface area contributed by atoms with Crippen LogP contribution in [0, 0.1) is 0 Å². The van der Waals surface area contributed by atoms with Crippen LogP contribution in [0.4, 0.5) is 5.82 Å². The van der Waals surface area contributed by atoms with Gasteiger partial charge in [-0.1, -0.05) is 0 Å². The monoisotopic (exact) mass is 334 g/mol. The molecule has 0 bridgehead atoms. The lowest BCUT2D eigenvalue weighted by Crippen LogP contribution is -2.47. The Hall–Kier alpha value is -0.700.